The van der Waals surface area contributed by atoms with E-state index >= 15 is 0 Å². The number of fused-ring (bicyclic) bond motifs is 1. The van der Waals surface area contributed by atoms with Gasteiger partial charge in [-0.05, 0) is 37.5 Å². The van der Waals surface area contributed by atoms with Crippen LogP contribution in [-0.4, -0.2) is 28.3 Å². The molecule has 0 saturated carbocycles. The highest BCUT2D eigenvalue weighted by Gasteiger charge is 2.20. The summed E-state index contributed by atoms with van der Waals surface area (Å²) in [5.74, 6) is -0.255. The van der Waals surface area contributed by atoms with Crippen LogP contribution in [0.5, 0.6) is 0 Å². The number of hydrogen-bond donors (Lipinski definition) is 0. The number of methoxy groups -OCH3 is 1. The molecule has 0 radical (unpaired) electrons. The minimum atomic E-state index is -0.319. The summed E-state index contributed by atoms with van der Waals surface area (Å²) >= 11 is 3.00. The molecule has 0 spiro atoms. The van der Waals surface area contributed by atoms with E-state index < -0.39 is 0 Å². The summed E-state index contributed by atoms with van der Waals surface area (Å²) in [5, 5.41) is 3.61. The summed E-state index contributed by atoms with van der Waals surface area (Å²) in [6.07, 6.45) is 1.55. The number of aromatic nitrogens is 2. The summed E-state index contributed by atoms with van der Waals surface area (Å²) in [6.45, 7) is 6.04. The lowest BCUT2D eigenvalue weighted by atomic mass is 10.0. The Hall–Kier alpha value is -1.92. The normalized spacial score (nSPS) is 12.3. The molecule has 2 heterocycles. The van der Waals surface area contributed by atoms with Crippen molar-refractivity contribution in [1.82, 2.24) is 9.97 Å². The average Bonchev–Trinajstić information content (AvgIpc) is 3.01. The molecule has 6 heteroatoms. The third-order valence-corrected chi connectivity index (χ3v) is 5.94. The maximum Gasteiger partial charge on any atom is 0.318 e. The van der Waals surface area contributed by atoms with Crippen molar-refractivity contribution in [2.75, 3.05) is 7.11 Å². The second-order valence-electron chi connectivity index (χ2n) is 5.59. The first-order valence-electron chi connectivity index (χ1n) is 7.55. The number of nitrogens with zero attached hydrogens (tertiary/aromatic N) is 2. The van der Waals surface area contributed by atoms with Gasteiger partial charge in [0, 0.05) is 10.9 Å². The van der Waals surface area contributed by atoms with Gasteiger partial charge in [-0.15, -0.1) is 11.3 Å². The zero-order valence-corrected chi connectivity index (χ0v) is 15.6. The largest absolute Gasteiger partial charge is 0.468 e. The number of benzene rings is 1. The van der Waals surface area contributed by atoms with Crippen LogP contribution in [0, 0.1) is 13.8 Å². The molecule has 24 heavy (non-hydrogen) atoms. The van der Waals surface area contributed by atoms with Crippen molar-refractivity contribution in [1.29, 1.82) is 0 Å². The van der Waals surface area contributed by atoms with E-state index in [0.29, 0.717) is 0 Å². The molecule has 0 N–H and O–H groups in total. The van der Waals surface area contributed by atoms with Crippen molar-refractivity contribution in [2.45, 2.75) is 31.0 Å². The van der Waals surface area contributed by atoms with E-state index in [0.717, 1.165) is 26.4 Å². The van der Waals surface area contributed by atoms with Crippen molar-refractivity contribution in [3.63, 3.8) is 0 Å². The Kier molecular flexibility index (Phi) is 4.87. The van der Waals surface area contributed by atoms with Crippen LogP contribution in [0.4, 0.5) is 0 Å². The molecule has 2 aromatic heterocycles. The van der Waals surface area contributed by atoms with Gasteiger partial charge in [-0.3, -0.25) is 4.79 Å². The zero-order valence-electron chi connectivity index (χ0n) is 14.0. The molecule has 124 valence electrons. The predicted octanol–water partition coefficient (Wildman–Crippen LogP) is 4.63. The van der Waals surface area contributed by atoms with E-state index in [9.17, 15) is 4.79 Å². The minimum Gasteiger partial charge on any atom is -0.468 e. The lowest BCUT2D eigenvalue weighted by Gasteiger charge is -2.10. The summed E-state index contributed by atoms with van der Waals surface area (Å²) in [5.41, 5.74) is 4.77. The lowest BCUT2D eigenvalue weighted by Crippen LogP contribution is -2.14. The van der Waals surface area contributed by atoms with Crippen LogP contribution in [0.1, 0.15) is 18.1 Å². The van der Waals surface area contributed by atoms with Gasteiger partial charge in [-0.25, -0.2) is 9.97 Å². The quantitative estimate of drug-likeness (QED) is 0.387. The number of carbonyl (C=O) groups excluding carboxylic acids is 1. The van der Waals surface area contributed by atoms with Crippen LogP contribution >= 0.6 is 23.1 Å². The molecule has 0 unspecified atom stereocenters. The monoisotopic (exact) mass is 358 g/mol. The first kappa shape index (κ1) is 16.9. The highest BCUT2D eigenvalue weighted by molar-refractivity contribution is 8.00. The van der Waals surface area contributed by atoms with Gasteiger partial charge < -0.3 is 4.74 Å². The molecule has 0 aliphatic heterocycles. The van der Waals surface area contributed by atoms with Gasteiger partial charge in [0.05, 0.1) is 12.5 Å². The summed E-state index contributed by atoms with van der Waals surface area (Å²) in [7, 11) is 1.40. The fraction of sp³-hybridized carbons (Fsp3) is 0.278. The Bertz CT molecular complexity index is 905. The van der Waals surface area contributed by atoms with Gasteiger partial charge in [0.15, 0.2) is 0 Å². The molecule has 4 nitrogen and oxygen atoms in total. The SMILES string of the molecule is COC(=O)[C@@H](C)Sc1ncnc2scc(-c3ccc(C)c(C)c3)c12. The van der Waals surface area contributed by atoms with Crippen LogP contribution in [0.2, 0.25) is 0 Å². The van der Waals surface area contributed by atoms with Crippen LogP contribution in [0.15, 0.2) is 34.9 Å². The number of hydrogen-bond acceptors (Lipinski definition) is 6. The van der Waals surface area contributed by atoms with E-state index in [1.165, 1.54) is 30.0 Å². The lowest BCUT2D eigenvalue weighted by molar-refractivity contribution is -0.139. The number of ether oxygens (including phenoxy) is 1. The Labute approximate surface area is 149 Å². The summed E-state index contributed by atoms with van der Waals surface area (Å²) in [6, 6.07) is 6.43. The van der Waals surface area contributed by atoms with Crippen molar-refractivity contribution >= 4 is 39.3 Å². The fourth-order valence-corrected chi connectivity index (χ4v) is 4.38. The second-order valence-corrected chi connectivity index (χ2v) is 7.78. The van der Waals surface area contributed by atoms with Crippen LogP contribution in [0.25, 0.3) is 21.3 Å². The number of thiophene rings is 1. The van der Waals surface area contributed by atoms with Gasteiger partial charge in [-0.2, -0.15) is 0 Å². The molecule has 3 rings (SSSR count). The van der Waals surface area contributed by atoms with Gasteiger partial charge in [0.25, 0.3) is 0 Å². The first-order valence-corrected chi connectivity index (χ1v) is 9.31. The van der Waals surface area contributed by atoms with E-state index in [4.69, 9.17) is 4.74 Å². The molecule has 0 aliphatic rings. The Morgan fingerprint density at radius 3 is 2.75 bits per heavy atom. The number of aryl methyl sites for hydroxylation is 2. The average molecular weight is 358 g/mol. The number of esters is 1. The van der Waals surface area contributed by atoms with Crippen LogP contribution in [-0.2, 0) is 9.53 Å². The van der Waals surface area contributed by atoms with Crippen molar-refractivity contribution in [2.24, 2.45) is 0 Å². The molecule has 0 saturated heterocycles. The molecule has 1 atom stereocenters. The smallest absolute Gasteiger partial charge is 0.318 e. The van der Waals surface area contributed by atoms with E-state index in [1.54, 1.807) is 17.7 Å². The molecular weight excluding hydrogens is 340 g/mol. The fourth-order valence-electron chi connectivity index (χ4n) is 2.44. The maximum atomic E-state index is 11.7. The van der Waals surface area contributed by atoms with Gasteiger partial charge in [-0.1, -0.05) is 30.0 Å². The maximum absolute atomic E-state index is 11.7. The Morgan fingerprint density at radius 1 is 1.25 bits per heavy atom. The molecule has 0 bridgehead atoms. The first-order chi connectivity index (χ1) is 11.5. The topological polar surface area (TPSA) is 52.1 Å². The standard InChI is InChI=1S/C18H18N2O2S2/c1-10-5-6-13(7-11(10)2)14-8-23-16-15(14)17(20-9-19-16)24-12(3)18(21)22-4/h5-9,12H,1-4H3/t12-/m1/s1. The summed E-state index contributed by atoms with van der Waals surface area (Å²) in [4.78, 5) is 21.5. The van der Waals surface area contributed by atoms with E-state index in [2.05, 4.69) is 47.4 Å². The second kappa shape index (κ2) is 6.91. The predicted molar refractivity (Wildman–Crippen MR) is 99.7 cm³/mol. The van der Waals surface area contributed by atoms with Crippen molar-refractivity contribution < 1.29 is 9.53 Å². The minimum absolute atomic E-state index is 0.255. The van der Waals surface area contributed by atoms with Gasteiger partial charge in [0.2, 0.25) is 0 Å². The summed E-state index contributed by atoms with van der Waals surface area (Å²) < 4.78 is 4.82. The van der Waals surface area contributed by atoms with Crippen molar-refractivity contribution in [3.8, 4) is 11.1 Å². The van der Waals surface area contributed by atoms with E-state index in [1.807, 2.05) is 6.92 Å². The molecule has 0 amide bonds. The highest BCUT2D eigenvalue weighted by atomic mass is 32.2. The third kappa shape index (κ3) is 3.16. The Morgan fingerprint density at radius 2 is 2.04 bits per heavy atom. The van der Waals surface area contributed by atoms with Crippen molar-refractivity contribution in [3.05, 3.63) is 41.0 Å². The van der Waals surface area contributed by atoms with Crippen LogP contribution < -0.4 is 0 Å². The molecule has 3 aromatic rings. The molecule has 1 aromatic carbocycles. The number of thioether (sulfide) groups is 1. The van der Waals surface area contributed by atoms with Gasteiger partial charge in [0.1, 0.15) is 21.4 Å². The zero-order chi connectivity index (χ0) is 17.3. The van der Waals surface area contributed by atoms with Gasteiger partial charge >= 0.3 is 5.97 Å². The third-order valence-electron chi connectivity index (χ3n) is 3.97. The number of carbonyl (C=O) groups is 1. The molecular formula is C18H18N2O2S2. The highest BCUT2D eigenvalue weighted by Crippen LogP contribution is 2.39. The van der Waals surface area contributed by atoms with Crippen LogP contribution in [0.3, 0.4) is 0 Å². The molecule has 0 aliphatic carbocycles. The Balaban J connectivity index is 2.10. The van der Waals surface area contributed by atoms with E-state index in [-0.39, 0.29) is 11.2 Å². The molecule has 0 fully saturated rings. The number of rotatable bonds is 4.